The smallest absolute Gasteiger partial charge is 0.133 e. The van der Waals surface area contributed by atoms with E-state index in [1.165, 1.54) is 44.9 Å². The Balaban J connectivity index is 1.71. The van der Waals surface area contributed by atoms with E-state index in [-0.39, 0.29) is 0 Å². The fourth-order valence-electron chi connectivity index (χ4n) is 3.90. The maximum Gasteiger partial charge on any atom is 0.133 e. The first-order valence-electron chi connectivity index (χ1n) is 7.82. The molecule has 0 amide bonds. The summed E-state index contributed by atoms with van der Waals surface area (Å²) in [7, 11) is 0. The van der Waals surface area contributed by atoms with E-state index < -0.39 is 0 Å². The molecule has 1 aromatic rings. The Bertz CT molecular complexity index is 459. The number of nitrogens with zero attached hydrogens (tertiary/aromatic N) is 2. The van der Waals surface area contributed by atoms with Crippen molar-refractivity contribution < 1.29 is 0 Å². The van der Waals surface area contributed by atoms with Gasteiger partial charge >= 0.3 is 0 Å². The highest BCUT2D eigenvalue weighted by Gasteiger charge is 2.36. The first-order valence-corrected chi connectivity index (χ1v) is 8.61. The molecule has 2 fully saturated rings. The van der Waals surface area contributed by atoms with Crippen molar-refractivity contribution >= 4 is 21.7 Å². The zero-order chi connectivity index (χ0) is 14.0. The Labute approximate surface area is 130 Å². The zero-order valence-electron chi connectivity index (χ0n) is 12.1. The standard InChI is InChI=1S/C16H24BrN3/c17-14-10-13(11-18)15(19-12-14)20-8-6-16(7-9-20)4-2-1-3-5-16/h10,12H,1-9,11,18H2. The molecular weight excluding hydrogens is 314 g/mol. The van der Waals surface area contributed by atoms with E-state index in [0.29, 0.717) is 12.0 Å². The van der Waals surface area contributed by atoms with Gasteiger partial charge in [0.25, 0.3) is 0 Å². The minimum Gasteiger partial charge on any atom is -0.356 e. The second kappa shape index (κ2) is 6.02. The van der Waals surface area contributed by atoms with Crippen LogP contribution < -0.4 is 10.6 Å². The number of hydrogen-bond donors (Lipinski definition) is 1. The van der Waals surface area contributed by atoms with Crippen LogP contribution in [-0.2, 0) is 6.54 Å². The van der Waals surface area contributed by atoms with Crippen LogP contribution in [0.15, 0.2) is 16.7 Å². The monoisotopic (exact) mass is 337 g/mol. The third-order valence-corrected chi connectivity index (χ3v) is 5.60. The summed E-state index contributed by atoms with van der Waals surface area (Å²) in [6.45, 7) is 2.84. The highest BCUT2D eigenvalue weighted by atomic mass is 79.9. The molecule has 1 saturated heterocycles. The topological polar surface area (TPSA) is 42.1 Å². The minimum absolute atomic E-state index is 0.559. The van der Waals surface area contributed by atoms with Gasteiger partial charge in [-0.15, -0.1) is 0 Å². The Hall–Kier alpha value is -0.610. The maximum atomic E-state index is 5.87. The van der Waals surface area contributed by atoms with E-state index in [4.69, 9.17) is 5.73 Å². The first kappa shape index (κ1) is 14.3. The van der Waals surface area contributed by atoms with Gasteiger partial charge in [-0.3, -0.25) is 0 Å². The Morgan fingerprint density at radius 1 is 1.15 bits per heavy atom. The molecule has 20 heavy (non-hydrogen) atoms. The molecule has 1 aliphatic heterocycles. The number of halogens is 1. The quantitative estimate of drug-likeness (QED) is 0.891. The molecular formula is C16H24BrN3. The fourth-order valence-corrected chi connectivity index (χ4v) is 4.28. The second-order valence-corrected chi connectivity index (χ2v) is 7.30. The number of anilines is 1. The molecule has 1 saturated carbocycles. The summed E-state index contributed by atoms with van der Waals surface area (Å²) < 4.78 is 1.02. The van der Waals surface area contributed by atoms with E-state index in [0.717, 1.165) is 28.9 Å². The lowest BCUT2D eigenvalue weighted by Crippen LogP contribution is -2.41. The first-order chi connectivity index (χ1) is 9.72. The Kier molecular flexibility index (Phi) is 4.32. The summed E-state index contributed by atoms with van der Waals surface area (Å²) in [5.74, 6) is 1.10. The van der Waals surface area contributed by atoms with Gasteiger partial charge in [0.05, 0.1) is 0 Å². The lowest BCUT2D eigenvalue weighted by atomic mass is 9.68. The van der Waals surface area contributed by atoms with Crippen molar-refractivity contribution in [2.75, 3.05) is 18.0 Å². The van der Waals surface area contributed by atoms with Gasteiger partial charge in [-0.25, -0.2) is 4.98 Å². The molecule has 3 nitrogen and oxygen atoms in total. The lowest BCUT2D eigenvalue weighted by Gasteiger charge is -2.45. The van der Waals surface area contributed by atoms with Gasteiger partial charge in [0.15, 0.2) is 0 Å². The van der Waals surface area contributed by atoms with Gasteiger partial charge in [0, 0.05) is 35.9 Å². The summed E-state index contributed by atoms with van der Waals surface area (Å²) in [5, 5.41) is 0. The number of piperidine rings is 1. The van der Waals surface area contributed by atoms with Gasteiger partial charge in [-0.05, 0) is 53.1 Å². The molecule has 2 N–H and O–H groups in total. The molecule has 110 valence electrons. The molecule has 3 rings (SSSR count). The lowest BCUT2D eigenvalue weighted by molar-refractivity contribution is 0.144. The highest BCUT2D eigenvalue weighted by Crippen LogP contribution is 2.45. The summed E-state index contributed by atoms with van der Waals surface area (Å²) in [5.41, 5.74) is 7.67. The van der Waals surface area contributed by atoms with Crippen molar-refractivity contribution in [3.05, 3.63) is 22.3 Å². The van der Waals surface area contributed by atoms with E-state index in [1.54, 1.807) is 0 Å². The minimum atomic E-state index is 0.559. The summed E-state index contributed by atoms with van der Waals surface area (Å²) in [6, 6.07) is 2.10. The van der Waals surface area contributed by atoms with Crippen LogP contribution in [0.1, 0.15) is 50.5 Å². The third-order valence-electron chi connectivity index (χ3n) is 5.17. The molecule has 0 bridgehead atoms. The number of rotatable bonds is 2. The molecule has 2 heterocycles. The highest BCUT2D eigenvalue weighted by molar-refractivity contribution is 9.10. The normalized spacial score (nSPS) is 22.2. The summed E-state index contributed by atoms with van der Waals surface area (Å²) in [6.07, 6.45) is 11.7. The predicted molar refractivity (Wildman–Crippen MR) is 86.8 cm³/mol. The van der Waals surface area contributed by atoms with Gasteiger partial charge in [0.1, 0.15) is 5.82 Å². The van der Waals surface area contributed by atoms with Crippen molar-refractivity contribution in [1.29, 1.82) is 0 Å². The average Bonchev–Trinajstić information content (AvgIpc) is 2.49. The van der Waals surface area contributed by atoms with Crippen molar-refractivity contribution in [2.24, 2.45) is 11.1 Å². The van der Waals surface area contributed by atoms with Crippen molar-refractivity contribution in [3.63, 3.8) is 0 Å². The molecule has 0 aromatic carbocycles. The molecule has 1 aromatic heterocycles. The number of aromatic nitrogens is 1. The van der Waals surface area contributed by atoms with Crippen molar-refractivity contribution in [2.45, 2.75) is 51.5 Å². The zero-order valence-corrected chi connectivity index (χ0v) is 13.7. The Morgan fingerprint density at radius 3 is 2.50 bits per heavy atom. The van der Waals surface area contributed by atoms with E-state index in [9.17, 15) is 0 Å². The van der Waals surface area contributed by atoms with E-state index in [1.807, 2.05) is 6.20 Å². The van der Waals surface area contributed by atoms with Crippen LogP contribution in [0.2, 0.25) is 0 Å². The van der Waals surface area contributed by atoms with Crippen LogP contribution in [0, 0.1) is 5.41 Å². The number of nitrogens with two attached hydrogens (primary N) is 1. The second-order valence-electron chi connectivity index (χ2n) is 6.39. The largest absolute Gasteiger partial charge is 0.356 e. The third kappa shape index (κ3) is 2.86. The molecule has 1 spiro atoms. The van der Waals surface area contributed by atoms with Crippen molar-refractivity contribution in [1.82, 2.24) is 4.98 Å². The summed E-state index contributed by atoms with van der Waals surface area (Å²) >= 11 is 3.48. The van der Waals surface area contributed by atoms with Gasteiger partial charge in [-0.1, -0.05) is 19.3 Å². The fraction of sp³-hybridized carbons (Fsp3) is 0.688. The van der Waals surface area contributed by atoms with E-state index in [2.05, 4.69) is 31.9 Å². The predicted octanol–water partition coefficient (Wildman–Crippen LogP) is 3.85. The molecule has 2 aliphatic rings. The molecule has 0 atom stereocenters. The number of pyridine rings is 1. The molecule has 0 unspecified atom stereocenters. The maximum absolute atomic E-state index is 5.87. The summed E-state index contributed by atoms with van der Waals surface area (Å²) in [4.78, 5) is 7.04. The van der Waals surface area contributed by atoms with Crippen LogP contribution in [0.3, 0.4) is 0 Å². The average molecular weight is 338 g/mol. The Morgan fingerprint density at radius 2 is 1.85 bits per heavy atom. The molecule has 4 heteroatoms. The van der Waals surface area contributed by atoms with Crippen molar-refractivity contribution in [3.8, 4) is 0 Å². The van der Waals surface area contributed by atoms with Crippen LogP contribution in [-0.4, -0.2) is 18.1 Å². The van der Waals surface area contributed by atoms with Gasteiger partial charge < -0.3 is 10.6 Å². The SMILES string of the molecule is NCc1cc(Br)cnc1N1CCC2(CCCCC2)CC1. The van der Waals surface area contributed by atoms with Crippen LogP contribution in [0.4, 0.5) is 5.82 Å². The van der Waals surface area contributed by atoms with Crippen LogP contribution in [0.25, 0.3) is 0 Å². The van der Waals surface area contributed by atoms with E-state index >= 15 is 0 Å². The molecule has 1 aliphatic carbocycles. The van der Waals surface area contributed by atoms with Gasteiger partial charge in [0.2, 0.25) is 0 Å². The van der Waals surface area contributed by atoms with Crippen LogP contribution >= 0.6 is 15.9 Å². The van der Waals surface area contributed by atoms with Crippen LogP contribution in [0.5, 0.6) is 0 Å². The number of hydrogen-bond acceptors (Lipinski definition) is 3. The molecule has 0 radical (unpaired) electrons. The van der Waals surface area contributed by atoms with Gasteiger partial charge in [-0.2, -0.15) is 0 Å².